The van der Waals surface area contributed by atoms with Crippen LogP contribution in [0.25, 0.3) is 0 Å². The molecule has 0 rings (SSSR count). The predicted octanol–water partition coefficient (Wildman–Crippen LogP) is 2.84. The average molecular weight is 412 g/mol. The second-order valence-corrected chi connectivity index (χ2v) is 7.89. The minimum Gasteiger partial charge on any atom is -0.394 e. The van der Waals surface area contributed by atoms with Crippen molar-refractivity contribution in [2.45, 2.75) is 23.5 Å². The number of aliphatic hydroxyl groups is 1. The second kappa shape index (κ2) is 13.2. The van der Waals surface area contributed by atoms with Gasteiger partial charge in [-0.3, -0.25) is 0 Å². The molecule has 0 spiro atoms. The van der Waals surface area contributed by atoms with E-state index >= 15 is 0 Å². The van der Waals surface area contributed by atoms with E-state index in [0.29, 0.717) is 33.0 Å². The number of ether oxygens (including phenoxy) is 1. The van der Waals surface area contributed by atoms with Crippen LogP contribution in [0.1, 0.15) is 13.8 Å². The Kier molecular flexibility index (Phi) is 14.1. The summed E-state index contributed by atoms with van der Waals surface area (Å²) in [6, 6.07) is 0. The van der Waals surface area contributed by atoms with Crippen LogP contribution in [-0.4, -0.2) is 54.4 Å². The maximum Gasteiger partial charge on any atom is 0.332 e. The molecule has 0 saturated carbocycles. The van der Waals surface area contributed by atoms with Crippen molar-refractivity contribution in [3.05, 3.63) is 0 Å². The molecule has 8 heteroatoms. The molecule has 0 aliphatic heterocycles. The smallest absolute Gasteiger partial charge is 0.332 e. The maximum absolute atomic E-state index is 8.54. The Bertz CT molecular complexity index is 174. The molecule has 18 heavy (non-hydrogen) atoms. The lowest BCUT2D eigenvalue weighted by Gasteiger charge is -2.18. The van der Waals surface area contributed by atoms with Crippen molar-refractivity contribution in [2.75, 3.05) is 39.6 Å². The Morgan fingerprint density at radius 1 is 0.944 bits per heavy atom. The molecule has 0 radical (unpaired) electrons. The largest absolute Gasteiger partial charge is 0.394 e. The fourth-order valence-electron chi connectivity index (χ4n) is 0.776. The highest BCUT2D eigenvalue weighted by atomic mass is 79.9. The zero-order valence-electron chi connectivity index (χ0n) is 10.7. The third-order valence-corrected chi connectivity index (χ3v) is 3.12. The SMILES string of the molecule is CC(Br)COP(OCCOCCO)OCC(C)Br. The molecule has 0 aromatic rings. The fraction of sp³-hybridized carbons (Fsp3) is 1.00. The summed E-state index contributed by atoms with van der Waals surface area (Å²) in [5, 5.41) is 8.54. The zero-order valence-corrected chi connectivity index (χ0v) is 14.7. The maximum atomic E-state index is 8.54. The van der Waals surface area contributed by atoms with Crippen LogP contribution >= 0.6 is 40.5 Å². The van der Waals surface area contributed by atoms with Gasteiger partial charge < -0.3 is 23.4 Å². The molecule has 0 aromatic heterocycles. The van der Waals surface area contributed by atoms with Gasteiger partial charge in [0.2, 0.25) is 0 Å². The molecule has 0 saturated heterocycles. The Morgan fingerprint density at radius 2 is 1.50 bits per heavy atom. The van der Waals surface area contributed by atoms with E-state index in [-0.39, 0.29) is 16.3 Å². The number of halogens is 2. The van der Waals surface area contributed by atoms with E-state index in [1.807, 2.05) is 13.8 Å². The lowest BCUT2D eigenvalue weighted by Crippen LogP contribution is -2.10. The van der Waals surface area contributed by atoms with Crippen LogP contribution < -0.4 is 0 Å². The Labute approximate surface area is 127 Å². The summed E-state index contributed by atoms with van der Waals surface area (Å²) < 4.78 is 21.6. The minimum atomic E-state index is -1.35. The van der Waals surface area contributed by atoms with Gasteiger partial charge >= 0.3 is 8.60 Å². The van der Waals surface area contributed by atoms with E-state index in [1.165, 1.54) is 0 Å². The van der Waals surface area contributed by atoms with Crippen LogP contribution in [0.15, 0.2) is 0 Å². The van der Waals surface area contributed by atoms with Gasteiger partial charge in [-0.1, -0.05) is 45.7 Å². The van der Waals surface area contributed by atoms with E-state index in [1.54, 1.807) is 0 Å². The van der Waals surface area contributed by atoms with Crippen LogP contribution in [0.3, 0.4) is 0 Å². The molecule has 2 unspecified atom stereocenters. The molecule has 0 heterocycles. The van der Waals surface area contributed by atoms with Crippen LogP contribution in [0.4, 0.5) is 0 Å². The summed E-state index contributed by atoms with van der Waals surface area (Å²) in [7, 11) is -1.35. The van der Waals surface area contributed by atoms with Gasteiger partial charge in [0.1, 0.15) is 0 Å². The molecule has 0 fully saturated rings. The van der Waals surface area contributed by atoms with Gasteiger partial charge in [0.05, 0.1) is 39.6 Å². The van der Waals surface area contributed by atoms with E-state index in [0.717, 1.165) is 0 Å². The monoisotopic (exact) mass is 410 g/mol. The van der Waals surface area contributed by atoms with Gasteiger partial charge in [-0.25, -0.2) is 0 Å². The quantitative estimate of drug-likeness (QED) is 0.304. The summed E-state index contributed by atoms with van der Waals surface area (Å²) in [6.45, 7) is 6.18. The molecule has 110 valence electrons. The molecule has 5 nitrogen and oxygen atoms in total. The lowest BCUT2D eigenvalue weighted by molar-refractivity contribution is 0.0612. The van der Waals surface area contributed by atoms with Crippen molar-refractivity contribution in [2.24, 2.45) is 0 Å². The van der Waals surface area contributed by atoms with Gasteiger partial charge in [-0.2, -0.15) is 0 Å². The molecule has 1 N–H and O–H groups in total. The third kappa shape index (κ3) is 13.6. The molecule has 0 bridgehead atoms. The van der Waals surface area contributed by atoms with Crippen LogP contribution in [-0.2, 0) is 18.3 Å². The van der Waals surface area contributed by atoms with Crippen molar-refractivity contribution in [1.82, 2.24) is 0 Å². The molecular formula is C10H21Br2O5P. The van der Waals surface area contributed by atoms with Gasteiger partial charge in [-0.15, -0.1) is 0 Å². The van der Waals surface area contributed by atoms with Crippen molar-refractivity contribution < 1.29 is 23.4 Å². The minimum absolute atomic E-state index is 0.0178. The number of hydrogen-bond acceptors (Lipinski definition) is 5. The summed E-state index contributed by atoms with van der Waals surface area (Å²) in [6.07, 6.45) is 0. The summed E-state index contributed by atoms with van der Waals surface area (Å²) in [5.74, 6) is 0. The normalized spacial score (nSPS) is 16.5. The van der Waals surface area contributed by atoms with E-state index < -0.39 is 8.60 Å². The highest BCUT2D eigenvalue weighted by molar-refractivity contribution is 9.09. The Morgan fingerprint density at radius 3 is 1.94 bits per heavy atom. The summed E-state index contributed by atoms with van der Waals surface area (Å²) >= 11 is 6.80. The first-order chi connectivity index (χ1) is 8.56. The highest BCUT2D eigenvalue weighted by Crippen LogP contribution is 2.40. The topological polar surface area (TPSA) is 57.2 Å². The van der Waals surface area contributed by atoms with Crippen molar-refractivity contribution in [3.8, 4) is 0 Å². The number of hydrogen-bond donors (Lipinski definition) is 1. The average Bonchev–Trinajstić information content (AvgIpc) is 2.30. The highest BCUT2D eigenvalue weighted by Gasteiger charge is 2.14. The molecule has 2 atom stereocenters. The fourth-order valence-corrected chi connectivity index (χ4v) is 2.59. The zero-order chi connectivity index (χ0) is 13.8. The number of rotatable bonds is 12. The first kappa shape index (κ1) is 19.2. The number of alkyl halides is 2. The molecule has 0 amide bonds. The van der Waals surface area contributed by atoms with Crippen molar-refractivity contribution in [1.29, 1.82) is 0 Å². The third-order valence-electron chi connectivity index (χ3n) is 1.48. The van der Waals surface area contributed by atoms with Crippen LogP contribution in [0, 0.1) is 0 Å². The van der Waals surface area contributed by atoms with Gasteiger partial charge in [-0.05, 0) is 0 Å². The second-order valence-electron chi connectivity index (χ2n) is 3.55. The van der Waals surface area contributed by atoms with E-state index in [9.17, 15) is 0 Å². The first-order valence-electron chi connectivity index (χ1n) is 5.71. The van der Waals surface area contributed by atoms with Crippen LogP contribution in [0.5, 0.6) is 0 Å². The van der Waals surface area contributed by atoms with Gasteiger partial charge in [0, 0.05) is 9.65 Å². The first-order valence-corrected chi connectivity index (χ1v) is 8.64. The molecular weight excluding hydrogens is 391 g/mol. The standard InChI is InChI=1S/C10H21Br2O5P/c1-9(11)7-16-18(17-8-10(2)12)15-6-5-14-4-3-13/h9-10,13H,3-8H2,1-2H3. The molecule has 0 aliphatic carbocycles. The summed E-state index contributed by atoms with van der Waals surface area (Å²) in [4.78, 5) is 0.503. The Hall–Kier alpha value is 1.19. The summed E-state index contributed by atoms with van der Waals surface area (Å²) in [5.41, 5.74) is 0. The van der Waals surface area contributed by atoms with E-state index in [4.69, 9.17) is 23.4 Å². The molecule has 0 aromatic carbocycles. The molecule has 0 aliphatic rings. The predicted molar refractivity (Wildman–Crippen MR) is 79.5 cm³/mol. The van der Waals surface area contributed by atoms with E-state index in [2.05, 4.69) is 31.9 Å². The van der Waals surface area contributed by atoms with Gasteiger partial charge in [0.15, 0.2) is 0 Å². The Balaban J connectivity index is 3.74. The number of aliphatic hydroxyl groups excluding tert-OH is 1. The lowest BCUT2D eigenvalue weighted by atomic mass is 10.5. The van der Waals surface area contributed by atoms with Crippen molar-refractivity contribution >= 4 is 40.5 Å². The van der Waals surface area contributed by atoms with Gasteiger partial charge in [0.25, 0.3) is 0 Å². The van der Waals surface area contributed by atoms with Crippen molar-refractivity contribution in [3.63, 3.8) is 0 Å². The van der Waals surface area contributed by atoms with Crippen LogP contribution in [0.2, 0.25) is 0 Å².